The van der Waals surface area contributed by atoms with Gasteiger partial charge in [-0.1, -0.05) is 32.9 Å². The quantitative estimate of drug-likeness (QED) is 0.794. The molecule has 0 aliphatic heterocycles. The predicted molar refractivity (Wildman–Crippen MR) is 69.1 cm³/mol. The lowest BCUT2D eigenvalue weighted by Crippen LogP contribution is -2.40. The van der Waals surface area contributed by atoms with Crippen LogP contribution >= 0.6 is 0 Å². The van der Waals surface area contributed by atoms with Crippen molar-refractivity contribution in [3.05, 3.63) is 29.8 Å². The molecule has 0 saturated heterocycles. The molecule has 0 aromatic heterocycles. The van der Waals surface area contributed by atoms with E-state index in [0.717, 1.165) is 12.1 Å². The van der Waals surface area contributed by atoms with Gasteiger partial charge >= 0.3 is 0 Å². The number of nitrogens with one attached hydrogen (secondary N) is 1. The zero-order chi connectivity index (χ0) is 12.8. The van der Waals surface area contributed by atoms with Gasteiger partial charge in [-0.25, -0.2) is 0 Å². The van der Waals surface area contributed by atoms with Crippen molar-refractivity contribution in [3.8, 4) is 5.75 Å². The van der Waals surface area contributed by atoms with Crippen LogP contribution in [0.25, 0.3) is 0 Å². The Bertz CT molecular complexity index is 357. The third-order valence-corrected chi connectivity index (χ3v) is 2.74. The molecule has 0 aliphatic carbocycles. The molecule has 0 amide bonds. The van der Waals surface area contributed by atoms with Crippen LogP contribution in [0.15, 0.2) is 24.3 Å². The van der Waals surface area contributed by atoms with Gasteiger partial charge in [0.2, 0.25) is 0 Å². The number of Topliss-reactive ketones (excluding diaryl/α,β-unsaturated/α-hetero) is 1. The Morgan fingerprint density at radius 2 is 1.88 bits per heavy atom. The fourth-order valence-electron chi connectivity index (χ4n) is 1.79. The molecule has 0 saturated carbocycles. The van der Waals surface area contributed by atoms with Crippen molar-refractivity contribution < 1.29 is 9.90 Å². The monoisotopic (exact) mass is 235 g/mol. The third kappa shape index (κ3) is 4.19. The van der Waals surface area contributed by atoms with Crippen molar-refractivity contribution in [1.29, 1.82) is 0 Å². The number of phenolic OH excluding ortho intramolecular Hbond substituents is 1. The minimum atomic E-state index is -0.135. The zero-order valence-electron chi connectivity index (χ0n) is 10.7. The summed E-state index contributed by atoms with van der Waals surface area (Å²) in [6.45, 7) is 6.62. The highest BCUT2D eigenvalue weighted by Gasteiger charge is 2.20. The summed E-state index contributed by atoms with van der Waals surface area (Å²) in [7, 11) is 0. The molecule has 0 heterocycles. The Labute approximate surface area is 103 Å². The van der Waals surface area contributed by atoms with Gasteiger partial charge in [-0.3, -0.25) is 4.79 Å². The Kier molecular flexibility index (Phi) is 5.16. The SMILES string of the molecule is CCN[C@@H](Cc1ccc(O)cc1)C(=O)C(C)C. The number of aromatic hydroxyl groups is 1. The molecule has 3 nitrogen and oxygen atoms in total. The number of likely N-dealkylation sites (N-methyl/N-ethyl adjacent to an activating group) is 1. The highest BCUT2D eigenvalue weighted by atomic mass is 16.3. The summed E-state index contributed by atoms with van der Waals surface area (Å²) in [6, 6.07) is 6.88. The molecule has 1 aromatic rings. The van der Waals surface area contributed by atoms with Crippen molar-refractivity contribution in [2.24, 2.45) is 5.92 Å². The molecule has 2 N–H and O–H groups in total. The summed E-state index contributed by atoms with van der Waals surface area (Å²) in [4.78, 5) is 12.0. The van der Waals surface area contributed by atoms with E-state index in [1.165, 1.54) is 0 Å². The lowest BCUT2D eigenvalue weighted by molar-refractivity contribution is -0.123. The highest BCUT2D eigenvalue weighted by Crippen LogP contribution is 2.13. The van der Waals surface area contributed by atoms with E-state index < -0.39 is 0 Å². The van der Waals surface area contributed by atoms with Gasteiger partial charge in [0.1, 0.15) is 5.75 Å². The first kappa shape index (κ1) is 13.7. The average molecular weight is 235 g/mol. The van der Waals surface area contributed by atoms with Gasteiger partial charge in [-0.2, -0.15) is 0 Å². The third-order valence-electron chi connectivity index (χ3n) is 2.74. The topological polar surface area (TPSA) is 49.3 Å². The molecule has 0 aliphatic rings. The van der Waals surface area contributed by atoms with E-state index in [0.29, 0.717) is 6.42 Å². The molecule has 1 aromatic carbocycles. The van der Waals surface area contributed by atoms with E-state index in [4.69, 9.17) is 0 Å². The van der Waals surface area contributed by atoms with Gasteiger partial charge in [0.25, 0.3) is 0 Å². The van der Waals surface area contributed by atoms with Gasteiger partial charge < -0.3 is 10.4 Å². The second kappa shape index (κ2) is 6.40. The van der Waals surface area contributed by atoms with Gasteiger partial charge in [0, 0.05) is 5.92 Å². The second-order valence-corrected chi connectivity index (χ2v) is 4.54. The van der Waals surface area contributed by atoms with Crippen molar-refractivity contribution in [3.63, 3.8) is 0 Å². The number of phenols is 1. The molecule has 1 rings (SSSR count). The first-order valence-corrected chi connectivity index (χ1v) is 6.09. The molecular weight excluding hydrogens is 214 g/mol. The smallest absolute Gasteiger partial charge is 0.152 e. The molecular formula is C14H21NO2. The van der Waals surface area contributed by atoms with Gasteiger partial charge in [0.15, 0.2) is 5.78 Å². The molecule has 0 fully saturated rings. The number of carbonyl (C=O) groups excluding carboxylic acids is 1. The summed E-state index contributed by atoms with van der Waals surface area (Å²) < 4.78 is 0. The van der Waals surface area contributed by atoms with E-state index in [2.05, 4.69) is 5.32 Å². The van der Waals surface area contributed by atoms with Crippen LogP contribution in [-0.4, -0.2) is 23.5 Å². The number of carbonyl (C=O) groups is 1. The molecule has 0 radical (unpaired) electrons. The fourth-order valence-corrected chi connectivity index (χ4v) is 1.79. The number of benzene rings is 1. The van der Waals surface area contributed by atoms with Gasteiger partial charge in [-0.15, -0.1) is 0 Å². The lowest BCUT2D eigenvalue weighted by atomic mass is 9.96. The average Bonchev–Trinajstić information content (AvgIpc) is 2.30. The number of ketones is 1. The standard InChI is InChI=1S/C14H21NO2/c1-4-15-13(14(17)10(2)3)9-11-5-7-12(16)8-6-11/h5-8,10,13,15-16H,4,9H2,1-3H3/t13-/m0/s1. The zero-order valence-corrected chi connectivity index (χ0v) is 10.7. The maximum Gasteiger partial charge on any atom is 0.152 e. The van der Waals surface area contributed by atoms with E-state index in [-0.39, 0.29) is 23.5 Å². The van der Waals surface area contributed by atoms with Crippen LogP contribution in [0.4, 0.5) is 0 Å². The molecule has 0 spiro atoms. The summed E-state index contributed by atoms with van der Waals surface area (Å²) in [5.41, 5.74) is 1.06. The van der Waals surface area contributed by atoms with Crippen LogP contribution in [0.2, 0.25) is 0 Å². The minimum Gasteiger partial charge on any atom is -0.508 e. The Balaban J connectivity index is 2.72. The van der Waals surface area contributed by atoms with E-state index in [9.17, 15) is 9.90 Å². The van der Waals surface area contributed by atoms with Gasteiger partial charge in [-0.05, 0) is 30.7 Å². The highest BCUT2D eigenvalue weighted by molar-refractivity contribution is 5.86. The van der Waals surface area contributed by atoms with Crippen LogP contribution in [0, 0.1) is 5.92 Å². The predicted octanol–water partition coefficient (Wildman–Crippen LogP) is 2.14. The number of rotatable bonds is 6. The first-order valence-electron chi connectivity index (χ1n) is 6.09. The maximum atomic E-state index is 12.0. The minimum absolute atomic E-state index is 0.0381. The van der Waals surface area contributed by atoms with Gasteiger partial charge in [0.05, 0.1) is 6.04 Å². The van der Waals surface area contributed by atoms with Crippen LogP contribution in [-0.2, 0) is 11.2 Å². The Morgan fingerprint density at radius 1 is 1.29 bits per heavy atom. The lowest BCUT2D eigenvalue weighted by Gasteiger charge is -2.18. The molecule has 0 bridgehead atoms. The van der Waals surface area contributed by atoms with Crippen molar-refractivity contribution >= 4 is 5.78 Å². The van der Waals surface area contributed by atoms with E-state index >= 15 is 0 Å². The Morgan fingerprint density at radius 3 is 2.35 bits per heavy atom. The Hall–Kier alpha value is -1.35. The molecule has 0 unspecified atom stereocenters. The summed E-state index contributed by atoms with van der Waals surface area (Å²) in [5.74, 6) is 0.528. The summed E-state index contributed by atoms with van der Waals surface area (Å²) in [5, 5.41) is 12.4. The number of hydrogen-bond donors (Lipinski definition) is 2. The first-order chi connectivity index (χ1) is 8.04. The maximum absolute atomic E-state index is 12.0. The summed E-state index contributed by atoms with van der Waals surface area (Å²) >= 11 is 0. The van der Waals surface area contributed by atoms with Crippen LogP contribution in [0.1, 0.15) is 26.3 Å². The molecule has 3 heteroatoms. The molecule has 94 valence electrons. The van der Waals surface area contributed by atoms with Crippen LogP contribution in [0.3, 0.4) is 0 Å². The largest absolute Gasteiger partial charge is 0.508 e. The van der Waals surface area contributed by atoms with Crippen molar-refractivity contribution in [2.45, 2.75) is 33.2 Å². The van der Waals surface area contributed by atoms with E-state index in [1.54, 1.807) is 12.1 Å². The molecule has 1 atom stereocenters. The van der Waals surface area contributed by atoms with E-state index in [1.807, 2.05) is 32.9 Å². The molecule has 17 heavy (non-hydrogen) atoms. The number of hydrogen-bond acceptors (Lipinski definition) is 3. The second-order valence-electron chi connectivity index (χ2n) is 4.54. The summed E-state index contributed by atoms with van der Waals surface area (Å²) in [6.07, 6.45) is 0.672. The fraction of sp³-hybridized carbons (Fsp3) is 0.500. The van der Waals surface area contributed by atoms with Crippen molar-refractivity contribution in [2.75, 3.05) is 6.54 Å². The van der Waals surface area contributed by atoms with Crippen molar-refractivity contribution in [1.82, 2.24) is 5.32 Å². The van der Waals surface area contributed by atoms with Crippen LogP contribution < -0.4 is 5.32 Å². The normalized spacial score (nSPS) is 12.7. The van der Waals surface area contributed by atoms with Crippen LogP contribution in [0.5, 0.6) is 5.75 Å².